The summed E-state index contributed by atoms with van der Waals surface area (Å²) in [5, 5.41) is 11.1. The molecule has 0 saturated heterocycles. The molecule has 0 fully saturated rings. The number of H-pyrrole nitrogens is 1. The first kappa shape index (κ1) is 14.3. The minimum atomic E-state index is -0.0810. The molecular formula is C17H18N4O. The van der Waals surface area contributed by atoms with Gasteiger partial charge in [0.1, 0.15) is 0 Å². The van der Waals surface area contributed by atoms with Gasteiger partial charge in [-0.2, -0.15) is 5.10 Å². The highest BCUT2D eigenvalue weighted by molar-refractivity contribution is 5.82. The normalized spacial score (nSPS) is 12.3. The predicted octanol–water partition coefficient (Wildman–Crippen LogP) is 2.53. The lowest BCUT2D eigenvalue weighted by molar-refractivity contribution is -0.120. The number of amides is 1. The van der Waals surface area contributed by atoms with Gasteiger partial charge in [0.25, 0.3) is 0 Å². The monoisotopic (exact) mass is 294 g/mol. The first-order valence-electron chi connectivity index (χ1n) is 7.25. The number of benzene rings is 1. The van der Waals surface area contributed by atoms with Crippen LogP contribution in [-0.4, -0.2) is 28.1 Å². The average molecular weight is 294 g/mol. The largest absolute Gasteiger partial charge is 0.359 e. The van der Waals surface area contributed by atoms with Crippen LogP contribution in [0.5, 0.6) is 0 Å². The van der Waals surface area contributed by atoms with Gasteiger partial charge in [-0.1, -0.05) is 18.2 Å². The van der Waals surface area contributed by atoms with Crippen LogP contribution in [0.2, 0.25) is 0 Å². The molecule has 3 rings (SSSR count). The van der Waals surface area contributed by atoms with Crippen molar-refractivity contribution < 1.29 is 4.79 Å². The van der Waals surface area contributed by atoms with Gasteiger partial charge in [-0.15, -0.1) is 0 Å². The van der Waals surface area contributed by atoms with E-state index >= 15 is 0 Å². The Kier molecular flexibility index (Phi) is 3.87. The number of nitrogens with one attached hydrogen (secondary N) is 2. The van der Waals surface area contributed by atoms with E-state index in [1.165, 1.54) is 0 Å². The third kappa shape index (κ3) is 2.70. The van der Waals surface area contributed by atoms with E-state index in [2.05, 4.69) is 20.5 Å². The minimum absolute atomic E-state index is 0.00559. The molecule has 22 heavy (non-hydrogen) atoms. The van der Waals surface area contributed by atoms with Crippen LogP contribution < -0.4 is 5.32 Å². The van der Waals surface area contributed by atoms with Gasteiger partial charge in [0, 0.05) is 42.4 Å². The fraction of sp³-hybridized carbons (Fsp3) is 0.235. The van der Waals surface area contributed by atoms with Crippen LogP contribution in [0.15, 0.2) is 42.6 Å². The third-order valence-electron chi connectivity index (χ3n) is 3.89. The summed E-state index contributed by atoms with van der Waals surface area (Å²) in [6.07, 6.45) is 2.12. The first-order valence-corrected chi connectivity index (χ1v) is 7.25. The van der Waals surface area contributed by atoms with Crippen molar-refractivity contribution in [1.82, 2.24) is 20.5 Å². The first-order chi connectivity index (χ1) is 10.7. The highest BCUT2D eigenvalue weighted by Crippen LogP contribution is 2.29. The van der Waals surface area contributed by atoms with E-state index in [9.17, 15) is 4.79 Å². The van der Waals surface area contributed by atoms with Crippen LogP contribution >= 0.6 is 0 Å². The highest BCUT2D eigenvalue weighted by Gasteiger charge is 2.19. The Balaban J connectivity index is 2.04. The Bertz CT molecular complexity index is 795. The van der Waals surface area contributed by atoms with E-state index in [1.54, 1.807) is 13.2 Å². The molecule has 2 aromatic heterocycles. The topological polar surface area (TPSA) is 70.7 Å². The molecule has 2 N–H and O–H groups in total. The van der Waals surface area contributed by atoms with Crippen molar-refractivity contribution in [3.05, 3.63) is 59.5 Å². The third-order valence-corrected chi connectivity index (χ3v) is 3.89. The van der Waals surface area contributed by atoms with Gasteiger partial charge in [0.05, 0.1) is 5.52 Å². The minimum Gasteiger partial charge on any atom is -0.359 e. The van der Waals surface area contributed by atoms with Crippen molar-refractivity contribution in [1.29, 1.82) is 0 Å². The fourth-order valence-electron chi connectivity index (χ4n) is 2.64. The molecule has 112 valence electrons. The van der Waals surface area contributed by atoms with Crippen molar-refractivity contribution in [2.24, 2.45) is 0 Å². The lowest BCUT2D eigenvalue weighted by Gasteiger charge is -2.16. The summed E-state index contributed by atoms with van der Waals surface area (Å²) in [7, 11) is 1.65. The van der Waals surface area contributed by atoms with Gasteiger partial charge in [0.2, 0.25) is 5.91 Å². The number of rotatable bonds is 4. The molecule has 2 heterocycles. The second kappa shape index (κ2) is 5.97. The van der Waals surface area contributed by atoms with Crippen molar-refractivity contribution in [2.75, 3.05) is 7.05 Å². The van der Waals surface area contributed by atoms with E-state index in [0.717, 1.165) is 27.9 Å². The number of pyridine rings is 1. The van der Waals surface area contributed by atoms with Crippen molar-refractivity contribution in [2.45, 2.75) is 19.3 Å². The van der Waals surface area contributed by atoms with E-state index in [0.29, 0.717) is 6.42 Å². The quantitative estimate of drug-likeness (QED) is 0.777. The molecular weight excluding hydrogens is 276 g/mol. The molecule has 0 spiro atoms. The van der Waals surface area contributed by atoms with E-state index in [-0.39, 0.29) is 11.8 Å². The Morgan fingerprint density at radius 2 is 2.18 bits per heavy atom. The lowest BCUT2D eigenvalue weighted by atomic mass is 9.91. The molecule has 0 saturated carbocycles. The smallest absolute Gasteiger partial charge is 0.220 e. The van der Waals surface area contributed by atoms with Gasteiger partial charge in [-0.3, -0.25) is 14.9 Å². The van der Waals surface area contributed by atoms with Crippen molar-refractivity contribution >= 4 is 16.8 Å². The van der Waals surface area contributed by atoms with Crippen molar-refractivity contribution in [3.63, 3.8) is 0 Å². The number of aryl methyl sites for hydroxylation is 1. The van der Waals surface area contributed by atoms with Crippen molar-refractivity contribution in [3.8, 4) is 0 Å². The number of hydrogen-bond donors (Lipinski definition) is 2. The van der Waals surface area contributed by atoms with Crippen LogP contribution in [0.25, 0.3) is 10.9 Å². The van der Waals surface area contributed by atoms with Gasteiger partial charge in [-0.25, -0.2) is 0 Å². The Hall–Kier alpha value is -2.69. The zero-order valence-corrected chi connectivity index (χ0v) is 12.6. The molecule has 1 amide bonds. The Labute approximate surface area is 128 Å². The highest BCUT2D eigenvalue weighted by atomic mass is 16.1. The average Bonchev–Trinajstić information content (AvgIpc) is 2.94. The van der Waals surface area contributed by atoms with E-state index in [4.69, 9.17) is 0 Å². The molecule has 0 aliphatic heterocycles. The number of aromatic amines is 1. The number of hydrogen-bond acceptors (Lipinski definition) is 3. The summed E-state index contributed by atoms with van der Waals surface area (Å²) in [5.41, 5.74) is 3.88. The summed E-state index contributed by atoms with van der Waals surface area (Å²) in [4.78, 5) is 16.3. The molecule has 0 aliphatic carbocycles. The number of carbonyl (C=O) groups excluding carboxylic acids is 1. The van der Waals surface area contributed by atoms with Crippen LogP contribution in [0.3, 0.4) is 0 Å². The zero-order valence-electron chi connectivity index (χ0n) is 12.6. The maximum Gasteiger partial charge on any atom is 0.220 e. The molecule has 3 aromatic rings. The summed E-state index contributed by atoms with van der Waals surface area (Å²) in [6, 6.07) is 11.9. The summed E-state index contributed by atoms with van der Waals surface area (Å²) >= 11 is 0. The number of aromatic nitrogens is 3. The zero-order chi connectivity index (χ0) is 15.5. The molecule has 0 unspecified atom stereocenters. The standard InChI is InChI=1S/C17H18N4O/c1-11-13-7-6-12(9-16(13)21-20-11)14(10-17(22)18-2)15-5-3-4-8-19-15/h3-9,14H,10H2,1-2H3,(H,18,22)(H,20,21)/t14-/m0/s1. The Morgan fingerprint density at radius 1 is 1.32 bits per heavy atom. The van der Waals surface area contributed by atoms with Crippen LogP contribution in [0, 0.1) is 6.92 Å². The molecule has 0 radical (unpaired) electrons. The van der Waals surface area contributed by atoms with Gasteiger partial charge in [0.15, 0.2) is 0 Å². The van der Waals surface area contributed by atoms with E-state index in [1.807, 2.05) is 43.3 Å². The number of fused-ring (bicyclic) bond motifs is 1. The van der Waals surface area contributed by atoms with Crippen LogP contribution in [0.1, 0.15) is 29.3 Å². The predicted molar refractivity (Wildman–Crippen MR) is 85.6 cm³/mol. The molecule has 5 nitrogen and oxygen atoms in total. The fourth-order valence-corrected chi connectivity index (χ4v) is 2.64. The van der Waals surface area contributed by atoms with Gasteiger partial charge < -0.3 is 5.32 Å². The number of nitrogens with zero attached hydrogens (tertiary/aromatic N) is 2. The molecule has 0 bridgehead atoms. The SMILES string of the molecule is CNC(=O)C[C@@H](c1ccc2c(C)[nH]nc2c1)c1ccccn1. The molecule has 5 heteroatoms. The number of carbonyl (C=O) groups is 1. The summed E-state index contributed by atoms with van der Waals surface area (Å²) < 4.78 is 0. The summed E-state index contributed by atoms with van der Waals surface area (Å²) in [6.45, 7) is 2.00. The molecule has 1 aromatic carbocycles. The lowest BCUT2D eigenvalue weighted by Crippen LogP contribution is -2.21. The second-order valence-corrected chi connectivity index (χ2v) is 5.31. The van der Waals surface area contributed by atoms with Gasteiger partial charge in [-0.05, 0) is 30.7 Å². The second-order valence-electron chi connectivity index (χ2n) is 5.31. The van der Waals surface area contributed by atoms with E-state index < -0.39 is 0 Å². The summed E-state index contributed by atoms with van der Waals surface area (Å²) in [5.74, 6) is -0.0866. The maximum absolute atomic E-state index is 11.9. The van der Waals surface area contributed by atoms with Gasteiger partial charge >= 0.3 is 0 Å². The molecule has 1 atom stereocenters. The maximum atomic E-state index is 11.9. The van der Waals surface area contributed by atoms with Crippen LogP contribution in [-0.2, 0) is 4.79 Å². The van der Waals surface area contributed by atoms with Crippen LogP contribution in [0.4, 0.5) is 0 Å². The molecule has 0 aliphatic rings. The Morgan fingerprint density at radius 3 is 2.91 bits per heavy atom.